The second kappa shape index (κ2) is 7.17. The van der Waals surface area contributed by atoms with E-state index in [1.165, 1.54) is 17.0 Å². The third kappa shape index (κ3) is 3.56. The fraction of sp³-hybridized carbons (Fsp3) is 0.308. The molecule has 24 heavy (non-hydrogen) atoms. The number of hydrogen-bond acceptors (Lipinski definition) is 7. The molecule has 10 nitrogen and oxygen atoms in total. The molecule has 0 aromatic carbocycles. The van der Waals surface area contributed by atoms with Crippen LogP contribution in [0.2, 0.25) is 0 Å². The Bertz CT molecular complexity index is 812. The van der Waals surface area contributed by atoms with Gasteiger partial charge in [-0.25, -0.2) is 14.7 Å². The number of aromatic nitrogens is 3. The van der Waals surface area contributed by atoms with Gasteiger partial charge in [-0.2, -0.15) is 5.10 Å². The molecule has 2 rings (SSSR count). The molecular formula is C13H13N3O7S. The fourth-order valence-corrected chi connectivity index (χ4v) is 2.87. The van der Waals surface area contributed by atoms with Crippen molar-refractivity contribution in [2.24, 2.45) is 0 Å². The molecule has 0 aromatic rings. The zero-order chi connectivity index (χ0) is 17.9. The minimum atomic E-state index is -1.23. The largest absolute Gasteiger partial charge is 0.481 e. The van der Waals surface area contributed by atoms with Gasteiger partial charge in [0.15, 0.2) is 0 Å². The highest BCUT2D eigenvalue weighted by Crippen LogP contribution is 2.24. The first kappa shape index (κ1) is 17.5. The van der Waals surface area contributed by atoms with E-state index in [2.05, 4.69) is 14.9 Å². The Labute approximate surface area is 138 Å². The summed E-state index contributed by atoms with van der Waals surface area (Å²) in [6.45, 7) is 0. The monoisotopic (exact) mass is 355 g/mol. The van der Waals surface area contributed by atoms with E-state index < -0.39 is 29.5 Å². The molecule has 0 fully saturated rings. The molecule has 2 heterocycles. The van der Waals surface area contributed by atoms with Crippen LogP contribution in [0.4, 0.5) is 0 Å². The van der Waals surface area contributed by atoms with E-state index >= 15 is 0 Å². The van der Waals surface area contributed by atoms with E-state index in [0.717, 1.165) is 18.9 Å². The number of aromatic amines is 1. The molecule has 0 aliphatic carbocycles. The van der Waals surface area contributed by atoms with Gasteiger partial charge >= 0.3 is 17.9 Å². The number of nitrogens with one attached hydrogen (secondary N) is 1. The minimum absolute atomic E-state index is 0.0346. The average molecular weight is 355 g/mol. The molecule has 1 atom stereocenters. The van der Waals surface area contributed by atoms with E-state index in [0.29, 0.717) is 0 Å². The summed E-state index contributed by atoms with van der Waals surface area (Å²) in [6, 6.07) is -1.17. The number of ether oxygens (including phenoxy) is 1. The molecule has 0 radical (unpaired) electrons. The summed E-state index contributed by atoms with van der Waals surface area (Å²) in [5.41, 5.74) is -0.535. The van der Waals surface area contributed by atoms with Crippen LogP contribution in [0.5, 0.6) is 0 Å². The number of carbonyl (C=O) groups is 3. The summed E-state index contributed by atoms with van der Waals surface area (Å²) in [5, 5.41) is 23.9. The quantitative estimate of drug-likeness (QED) is 0.578. The molecule has 0 aromatic heterocycles. The number of H-pyrrole nitrogens is 1. The smallest absolute Gasteiger partial charge is 0.341 e. The zero-order valence-electron chi connectivity index (χ0n) is 12.4. The predicted octanol–water partition coefficient (Wildman–Crippen LogP) is -0.0937. The number of rotatable bonds is 7. The molecular weight excluding hydrogens is 342 g/mol. The molecule has 0 spiro atoms. The summed E-state index contributed by atoms with van der Waals surface area (Å²) in [5.74, 6) is -3.41. The number of carboxylic acid groups (broad SMARTS) is 2. The van der Waals surface area contributed by atoms with Crippen LogP contribution in [0.15, 0.2) is 17.2 Å². The lowest BCUT2D eigenvalue weighted by atomic mass is 10.1. The summed E-state index contributed by atoms with van der Waals surface area (Å²) in [6.07, 6.45) is 2.47. The van der Waals surface area contributed by atoms with Crippen molar-refractivity contribution in [2.45, 2.75) is 6.04 Å². The van der Waals surface area contributed by atoms with E-state index in [9.17, 15) is 24.3 Å². The number of nitrogens with zero attached hydrogens (tertiary/aromatic N) is 2. The topological polar surface area (TPSA) is 152 Å². The Kier molecular flexibility index (Phi) is 5.24. The number of fused-ring (bicyclic) bond motifs is 1. The van der Waals surface area contributed by atoms with Crippen LogP contribution >= 0.6 is 11.8 Å². The van der Waals surface area contributed by atoms with Gasteiger partial charge in [0.25, 0.3) is 5.56 Å². The number of pyridine rings is 1. The summed E-state index contributed by atoms with van der Waals surface area (Å²) in [4.78, 5) is 45.7. The van der Waals surface area contributed by atoms with Crippen LogP contribution in [-0.2, 0) is 14.3 Å². The normalized spacial score (nSPS) is 12.0. The molecule has 2 aliphatic heterocycles. The van der Waals surface area contributed by atoms with Gasteiger partial charge < -0.3 is 19.5 Å². The third-order valence-electron chi connectivity index (χ3n) is 3.13. The van der Waals surface area contributed by atoms with Crippen molar-refractivity contribution >= 4 is 29.7 Å². The Morgan fingerprint density at radius 2 is 2.08 bits per heavy atom. The second-order valence-electron chi connectivity index (χ2n) is 4.69. The first-order valence-electron chi connectivity index (χ1n) is 6.55. The van der Waals surface area contributed by atoms with Crippen molar-refractivity contribution in [1.82, 2.24) is 14.8 Å². The summed E-state index contributed by atoms with van der Waals surface area (Å²) in [7, 11) is 1.15. The third-order valence-corrected chi connectivity index (χ3v) is 4.13. The Balaban J connectivity index is 2.48. The van der Waals surface area contributed by atoms with Gasteiger partial charge in [-0.15, -0.1) is 11.8 Å². The highest BCUT2D eigenvalue weighted by atomic mass is 32.2. The van der Waals surface area contributed by atoms with Crippen molar-refractivity contribution in [1.29, 1.82) is 0 Å². The maximum Gasteiger partial charge on any atom is 0.341 e. The lowest BCUT2D eigenvalue weighted by molar-refractivity contribution is -0.140. The molecule has 2 aliphatic rings. The standard InChI is InChI=1S/C13H13N3O7S/c1-23-13(22)7-3-16(2-6-10(7)14-15-11(6)19)8(12(20)21)4-24-5-9(17)18/h2-3,8H,4-5H2,1H3,(H,15,19)(H,17,18)(H,20,21). The molecule has 0 amide bonds. The van der Waals surface area contributed by atoms with Crippen LogP contribution in [0.25, 0.3) is 11.3 Å². The zero-order valence-corrected chi connectivity index (χ0v) is 13.2. The highest BCUT2D eigenvalue weighted by Gasteiger charge is 2.26. The average Bonchev–Trinajstić information content (AvgIpc) is 2.90. The molecule has 0 saturated heterocycles. The maximum atomic E-state index is 11.9. The van der Waals surface area contributed by atoms with Crippen LogP contribution < -0.4 is 5.56 Å². The lowest BCUT2D eigenvalue weighted by Crippen LogP contribution is -2.24. The number of carbonyl (C=O) groups excluding carboxylic acids is 1. The molecule has 11 heteroatoms. The Morgan fingerprint density at radius 3 is 2.67 bits per heavy atom. The molecule has 0 bridgehead atoms. The van der Waals surface area contributed by atoms with Gasteiger partial charge in [-0.3, -0.25) is 9.59 Å². The van der Waals surface area contributed by atoms with Gasteiger partial charge in [0.2, 0.25) is 0 Å². The van der Waals surface area contributed by atoms with Gasteiger partial charge in [0, 0.05) is 18.1 Å². The number of hydrogen-bond donors (Lipinski definition) is 3. The molecule has 1 unspecified atom stereocenters. The van der Waals surface area contributed by atoms with Crippen LogP contribution in [0.1, 0.15) is 16.4 Å². The van der Waals surface area contributed by atoms with Crippen LogP contribution in [-0.4, -0.2) is 61.5 Å². The number of thioether (sulfide) groups is 1. The maximum absolute atomic E-state index is 11.9. The van der Waals surface area contributed by atoms with E-state index in [4.69, 9.17) is 5.11 Å². The number of methoxy groups -OCH3 is 1. The number of aliphatic carboxylic acids is 2. The SMILES string of the molecule is COC(=O)c1cn(C(CSCC(=O)O)C(=O)O)cc2c(=O)[nH]nc1-2. The van der Waals surface area contributed by atoms with Crippen LogP contribution in [0, 0.1) is 0 Å². The lowest BCUT2D eigenvalue weighted by Gasteiger charge is -2.18. The van der Waals surface area contributed by atoms with Crippen molar-refractivity contribution < 1.29 is 29.3 Å². The van der Waals surface area contributed by atoms with Crippen LogP contribution in [0.3, 0.4) is 0 Å². The number of carboxylic acids is 2. The fourth-order valence-electron chi connectivity index (χ4n) is 2.04. The van der Waals surface area contributed by atoms with E-state index in [1.807, 2.05) is 0 Å². The van der Waals surface area contributed by atoms with Gasteiger partial charge in [-0.1, -0.05) is 0 Å². The molecule has 3 N–H and O–H groups in total. The van der Waals surface area contributed by atoms with Gasteiger partial charge in [-0.05, 0) is 0 Å². The molecule has 128 valence electrons. The summed E-state index contributed by atoms with van der Waals surface area (Å²) < 4.78 is 5.79. The van der Waals surface area contributed by atoms with Crippen molar-refractivity contribution in [2.75, 3.05) is 18.6 Å². The Morgan fingerprint density at radius 1 is 1.38 bits per heavy atom. The first-order chi connectivity index (χ1) is 11.3. The molecule has 0 saturated carbocycles. The van der Waals surface area contributed by atoms with Crippen molar-refractivity contribution in [3.05, 3.63) is 28.3 Å². The predicted molar refractivity (Wildman–Crippen MR) is 82.4 cm³/mol. The van der Waals surface area contributed by atoms with Crippen molar-refractivity contribution in [3.63, 3.8) is 0 Å². The van der Waals surface area contributed by atoms with E-state index in [1.54, 1.807) is 0 Å². The van der Waals surface area contributed by atoms with E-state index in [-0.39, 0.29) is 28.3 Å². The number of esters is 1. The highest BCUT2D eigenvalue weighted by molar-refractivity contribution is 7.99. The Hall–Kier alpha value is -2.82. The summed E-state index contributed by atoms with van der Waals surface area (Å²) >= 11 is 0.905. The van der Waals surface area contributed by atoms with Crippen molar-refractivity contribution in [3.8, 4) is 11.3 Å². The van der Waals surface area contributed by atoms with Gasteiger partial charge in [0.1, 0.15) is 17.3 Å². The second-order valence-corrected chi connectivity index (χ2v) is 5.72. The first-order valence-corrected chi connectivity index (χ1v) is 7.71. The minimum Gasteiger partial charge on any atom is -0.481 e. The van der Waals surface area contributed by atoms with Gasteiger partial charge in [0.05, 0.1) is 18.4 Å².